The predicted octanol–water partition coefficient (Wildman–Crippen LogP) is 1.49. The molecule has 1 aromatic rings. The Labute approximate surface area is 127 Å². The molecule has 5 nitrogen and oxygen atoms in total. The molecule has 2 amide bonds. The van der Waals surface area contributed by atoms with E-state index in [4.69, 9.17) is 11.6 Å². The van der Waals surface area contributed by atoms with Crippen molar-refractivity contribution in [1.29, 1.82) is 0 Å². The summed E-state index contributed by atoms with van der Waals surface area (Å²) in [6.45, 7) is 1.72. The molecule has 116 valence electrons. The van der Waals surface area contributed by atoms with E-state index in [0.717, 1.165) is 12.5 Å². The predicted molar refractivity (Wildman–Crippen MR) is 77.7 cm³/mol. The normalized spacial score (nSPS) is 11.8. The van der Waals surface area contributed by atoms with Crippen LogP contribution in [0, 0.1) is 5.82 Å². The van der Waals surface area contributed by atoms with Gasteiger partial charge in [0.25, 0.3) is 5.91 Å². The molecule has 1 unspecified atom stereocenters. The van der Waals surface area contributed by atoms with Crippen LogP contribution < -0.4 is 10.6 Å². The molecule has 1 rings (SSSR count). The number of benzene rings is 1. The lowest BCUT2D eigenvalue weighted by molar-refractivity contribution is -0.120. The standard InChI is InChI=1S/C14H18ClFN2O3/c1-2-4-9(19)7-17-12(20)8-18-14(21)13-10(15)5-3-6-11(13)16/h3,5-6,9,19H,2,4,7-8H2,1H3,(H,17,20)(H,18,21). The lowest BCUT2D eigenvalue weighted by Crippen LogP contribution is -2.40. The number of amides is 2. The number of carbonyl (C=O) groups excluding carboxylic acids is 2. The van der Waals surface area contributed by atoms with Crippen LogP contribution in [0.25, 0.3) is 0 Å². The number of carbonyl (C=O) groups is 2. The van der Waals surface area contributed by atoms with Gasteiger partial charge in [0, 0.05) is 6.54 Å². The second-order valence-electron chi connectivity index (χ2n) is 4.53. The molecule has 0 spiro atoms. The van der Waals surface area contributed by atoms with Gasteiger partial charge in [-0.2, -0.15) is 0 Å². The van der Waals surface area contributed by atoms with E-state index >= 15 is 0 Å². The number of hydrogen-bond donors (Lipinski definition) is 3. The zero-order chi connectivity index (χ0) is 15.8. The van der Waals surface area contributed by atoms with E-state index in [1.54, 1.807) is 0 Å². The van der Waals surface area contributed by atoms with Gasteiger partial charge in [0.1, 0.15) is 5.82 Å². The van der Waals surface area contributed by atoms with Crippen molar-refractivity contribution in [3.8, 4) is 0 Å². The van der Waals surface area contributed by atoms with Crippen molar-refractivity contribution in [2.75, 3.05) is 13.1 Å². The molecule has 21 heavy (non-hydrogen) atoms. The van der Waals surface area contributed by atoms with E-state index in [1.165, 1.54) is 12.1 Å². The second kappa shape index (κ2) is 8.59. The summed E-state index contributed by atoms with van der Waals surface area (Å²) < 4.78 is 13.5. The molecule has 3 N–H and O–H groups in total. The monoisotopic (exact) mass is 316 g/mol. The highest BCUT2D eigenvalue weighted by atomic mass is 35.5. The molecule has 1 atom stereocenters. The van der Waals surface area contributed by atoms with Crippen molar-refractivity contribution in [2.45, 2.75) is 25.9 Å². The maximum atomic E-state index is 13.5. The van der Waals surface area contributed by atoms with Gasteiger partial charge in [-0.05, 0) is 18.6 Å². The molecule has 0 saturated carbocycles. The van der Waals surface area contributed by atoms with Crippen LogP contribution >= 0.6 is 11.6 Å². The van der Waals surface area contributed by atoms with Gasteiger partial charge in [0.15, 0.2) is 0 Å². The maximum Gasteiger partial charge on any atom is 0.256 e. The number of rotatable bonds is 7. The van der Waals surface area contributed by atoms with Gasteiger partial charge in [-0.15, -0.1) is 0 Å². The summed E-state index contributed by atoms with van der Waals surface area (Å²) in [5.74, 6) is -1.98. The number of aliphatic hydroxyl groups excluding tert-OH is 1. The van der Waals surface area contributed by atoms with Gasteiger partial charge < -0.3 is 15.7 Å². The number of nitrogens with one attached hydrogen (secondary N) is 2. The Morgan fingerprint density at radius 3 is 2.71 bits per heavy atom. The van der Waals surface area contributed by atoms with Crippen molar-refractivity contribution in [2.24, 2.45) is 0 Å². The molecule has 0 saturated heterocycles. The molecule has 0 aliphatic rings. The fourth-order valence-electron chi connectivity index (χ4n) is 1.69. The number of hydrogen-bond acceptors (Lipinski definition) is 3. The minimum Gasteiger partial charge on any atom is -0.391 e. The Morgan fingerprint density at radius 1 is 1.38 bits per heavy atom. The highest BCUT2D eigenvalue weighted by Crippen LogP contribution is 2.18. The fraction of sp³-hybridized carbons (Fsp3) is 0.429. The number of aliphatic hydroxyl groups is 1. The third-order valence-electron chi connectivity index (χ3n) is 2.76. The van der Waals surface area contributed by atoms with E-state index in [2.05, 4.69) is 10.6 Å². The molecular weight excluding hydrogens is 299 g/mol. The Morgan fingerprint density at radius 2 is 2.10 bits per heavy atom. The molecule has 0 aliphatic heterocycles. The molecular formula is C14H18ClFN2O3. The first-order chi connectivity index (χ1) is 9.95. The first kappa shape index (κ1) is 17.4. The largest absolute Gasteiger partial charge is 0.391 e. The lowest BCUT2D eigenvalue weighted by atomic mass is 10.2. The van der Waals surface area contributed by atoms with Crippen molar-refractivity contribution in [3.63, 3.8) is 0 Å². The van der Waals surface area contributed by atoms with Crippen LogP contribution in [0.1, 0.15) is 30.1 Å². The van der Waals surface area contributed by atoms with Gasteiger partial charge in [-0.25, -0.2) is 4.39 Å². The van der Waals surface area contributed by atoms with Crippen molar-refractivity contribution < 1.29 is 19.1 Å². The van der Waals surface area contributed by atoms with Crippen LogP contribution in [0.4, 0.5) is 4.39 Å². The maximum absolute atomic E-state index is 13.5. The minimum absolute atomic E-state index is 0.0220. The van der Waals surface area contributed by atoms with Gasteiger partial charge in [-0.1, -0.05) is 31.0 Å². The molecule has 1 aromatic carbocycles. The summed E-state index contributed by atoms with van der Waals surface area (Å²) in [5.41, 5.74) is -0.294. The van der Waals surface area contributed by atoms with E-state index in [0.29, 0.717) is 6.42 Å². The van der Waals surface area contributed by atoms with Crippen LogP contribution in [0.3, 0.4) is 0 Å². The van der Waals surface area contributed by atoms with Gasteiger partial charge in [0.05, 0.1) is 23.2 Å². The average Bonchev–Trinajstić information content (AvgIpc) is 2.43. The lowest BCUT2D eigenvalue weighted by Gasteiger charge is -2.11. The van der Waals surface area contributed by atoms with E-state index in [9.17, 15) is 19.1 Å². The molecule has 0 heterocycles. The zero-order valence-corrected chi connectivity index (χ0v) is 12.4. The minimum atomic E-state index is -0.762. The fourth-order valence-corrected chi connectivity index (χ4v) is 1.94. The third-order valence-corrected chi connectivity index (χ3v) is 3.07. The Bertz CT molecular complexity index is 491. The van der Waals surface area contributed by atoms with E-state index in [-0.39, 0.29) is 23.7 Å². The molecule has 0 radical (unpaired) electrons. The van der Waals surface area contributed by atoms with Crippen LogP contribution in [0.15, 0.2) is 18.2 Å². The van der Waals surface area contributed by atoms with E-state index < -0.39 is 23.7 Å². The average molecular weight is 317 g/mol. The highest BCUT2D eigenvalue weighted by molar-refractivity contribution is 6.33. The molecule has 7 heteroatoms. The molecule has 0 aromatic heterocycles. The van der Waals surface area contributed by atoms with Crippen LogP contribution in [-0.2, 0) is 4.79 Å². The van der Waals surface area contributed by atoms with Crippen LogP contribution in [0.5, 0.6) is 0 Å². The number of halogens is 2. The Hall–Kier alpha value is -1.66. The molecule has 0 fully saturated rings. The van der Waals surface area contributed by atoms with Crippen LogP contribution in [-0.4, -0.2) is 36.1 Å². The Balaban J connectivity index is 2.44. The van der Waals surface area contributed by atoms with Gasteiger partial charge >= 0.3 is 0 Å². The highest BCUT2D eigenvalue weighted by Gasteiger charge is 2.16. The van der Waals surface area contributed by atoms with Gasteiger partial charge in [0.2, 0.25) is 5.91 Å². The summed E-state index contributed by atoms with van der Waals surface area (Å²) in [6, 6.07) is 3.89. The van der Waals surface area contributed by atoms with Crippen molar-refractivity contribution in [3.05, 3.63) is 34.6 Å². The Kier molecular flexibility index (Phi) is 7.11. The summed E-state index contributed by atoms with van der Waals surface area (Å²) in [4.78, 5) is 23.3. The summed E-state index contributed by atoms with van der Waals surface area (Å²) in [6.07, 6.45) is 0.771. The molecule has 0 aliphatic carbocycles. The van der Waals surface area contributed by atoms with Crippen LogP contribution in [0.2, 0.25) is 5.02 Å². The smallest absolute Gasteiger partial charge is 0.256 e. The third kappa shape index (κ3) is 5.69. The zero-order valence-electron chi connectivity index (χ0n) is 11.7. The second-order valence-corrected chi connectivity index (χ2v) is 4.93. The van der Waals surface area contributed by atoms with E-state index in [1.807, 2.05) is 6.92 Å². The molecule has 0 bridgehead atoms. The summed E-state index contributed by atoms with van der Waals surface area (Å²) in [5, 5.41) is 14.2. The van der Waals surface area contributed by atoms with Crippen molar-refractivity contribution >= 4 is 23.4 Å². The topological polar surface area (TPSA) is 78.4 Å². The summed E-state index contributed by atoms with van der Waals surface area (Å²) in [7, 11) is 0. The van der Waals surface area contributed by atoms with Gasteiger partial charge in [-0.3, -0.25) is 9.59 Å². The quantitative estimate of drug-likeness (QED) is 0.713. The summed E-state index contributed by atoms with van der Waals surface area (Å²) >= 11 is 5.74. The first-order valence-corrected chi connectivity index (χ1v) is 7.00. The van der Waals surface area contributed by atoms with Crippen molar-refractivity contribution in [1.82, 2.24) is 10.6 Å². The first-order valence-electron chi connectivity index (χ1n) is 6.62. The SMILES string of the molecule is CCCC(O)CNC(=O)CNC(=O)c1c(F)cccc1Cl.